The number of guanidine groups is 1. The smallest absolute Gasteiger partial charge is 0.193 e. The standard InChI is InChI=1S/C17H26N4O2.HI/c1-22-15-6-3-13(9-16(15)23-2)20-17(18)19-10-12-7-8-21(11-12)14-4-5-14;/h3,6,9,12,14H,4-5,7-8,10-11H2,1-2H3,(H3,18,19,20);1H. The first kappa shape index (κ1) is 19.1. The number of methoxy groups -OCH3 is 2. The summed E-state index contributed by atoms with van der Waals surface area (Å²) in [6.45, 7) is 3.17. The van der Waals surface area contributed by atoms with E-state index in [9.17, 15) is 0 Å². The number of benzene rings is 1. The van der Waals surface area contributed by atoms with Crippen molar-refractivity contribution in [1.82, 2.24) is 4.90 Å². The van der Waals surface area contributed by atoms with Gasteiger partial charge in [-0.15, -0.1) is 24.0 Å². The molecular formula is C17H27IN4O2. The first-order valence-electron chi connectivity index (χ1n) is 8.22. The molecule has 134 valence electrons. The summed E-state index contributed by atoms with van der Waals surface area (Å²) >= 11 is 0. The number of nitrogens with zero attached hydrogens (tertiary/aromatic N) is 2. The number of halogens is 1. The average Bonchev–Trinajstić information content (AvgIpc) is 3.31. The molecular weight excluding hydrogens is 419 g/mol. The van der Waals surface area contributed by atoms with Gasteiger partial charge in [0.25, 0.3) is 0 Å². The van der Waals surface area contributed by atoms with Crippen LogP contribution in [0.4, 0.5) is 5.69 Å². The Kier molecular flexibility index (Phi) is 6.97. The molecule has 1 aliphatic carbocycles. The van der Waals surface area contributed by atoms with Crippen molar-refractivity contribution in [2.45, 2.75) is 25.3 Å². The molecule has 2 fully saturated rings. The van der Waals surface area contributed by atoms with Crippen LogP contribution in [0.25, 0.3) is 0 Å². The molecule has 7 heteroatoms. The Morgan fingerprint density at radius 1 is 1.25 bits per heavy atom. The molecule has 3 rings (SSSR count). The van der Waals surface area contributed by atoms with E-state index in [2.05, 4.69) is 15.2 Å². The van der Waals surface area contributed by atoms with Crippen LogP contribution in [-0.2, 0) is 0 Å². The third kappa shape index (κ3) is 4.89. The van der Waals surface area contributed by atoms with Gasteiger partial charge >= 0.3 is 0 Å². The highest BCUT2D eigenvalue weighted by molar-refractivity contribution is 14.0. The zero-order valence-corrected chi connectivity index (χ0v) is 16.7. The maximum absolute atomic E-state index is 6.01. The van der Waals surface area contributed by atoms with E-state index >= 15 is 0 Å². The van der Waals surface area contributed by atoms with E-state index in [0.717, 1.165) is 24.8 Å². The van der Waals surface area contributed by atoms with Gasteiger partial charge in [0, 0.05) is 30.9 Å². The van der Waals surface area contributed by atoms with Gasteiger partial charge in [-0.3, -0.25) is 4.99 Å². The van der Waals surface area contributed by atoms with Gasteiger partial charge in [0.05, 0.1) is 14.2 Å². The number of likely N-dealkylation sites (tertiary alicyclic amines) is 1. The van der Waals surface area contributed by atoms with E-state index in [-0.39, 0.29) is 24.0 Å². The van der Waals surface area contributed by atoms with Crippen LogP contribution < -0.4 is 20.5 Å². The minimum Gasteiger partial charge on any atom is -0.493 e. The van der Waals surface area contributed by atoms with Gasteiger partial charge in [0.1, 0.15) is 0 Å². The van der Waals surface area contributed by atoms with Crippen molar-refractivity contribution in [2.24, 2.45) is 16.6 Å². The summed E-state index contributed by atoms with van der Waals surface area (Å²) in [6, 6.07) is 6.45. The van der Waals surface area contributed by atoms with Crippen molar-refractivity contribution in [1.29, 1.82) is 0 Å². The Morgan fingerprint density at radius 2 is 2.00 bits per heavy atom. The molecule has 1 aliphatic heterocycles. The molecule has 0 radical (unpaired) electrons. The molecule has 2 aliphatic rings. The van der Waals surface area contributed by atoms with E-state index in [1.807, 2.05) is 18.2 Å². The number of aliphatic imine (C=N–C) groups is 1. The Balaban J connectivity index is 0.00000208. The van der Waals surface area contributed by atoms with Gasteiger partial charge in [-0.2, -0.15) is 0 Å². The lowest BCUT2D eigenvalue weighted by atomic mass is 10.1. The van der Waals surface area contributed by atoms with Crippen LogP contribution in [0.1, 0.15) is 19.3 Å². The quantitative estimate of drug-likeness (QED) is 0.399. The van der Waals surface area contributed by atoms with Crippen molar-refractivity contribution < 1.29 is 9.47 Å². The Morgan fingerprint density at radius 3 is 2.67 bits per heavy atom. The number of nitrogens with one attached hydrogen (secondary N) is 1. The highest BCUT2D eigenvalue weighted by Gasteiger charge is 2.34. The molecule has 1 aromatic carbocycles. The molecule has 0 bridgehead atoms. The average molecular weight is 446 g/mol. The van der Waals surface area contributed by atoms with Crippen molar-refractivity contribution in [3.05, 3.63) is 18.2 Å². The Hall–Kier alpha value is -1.22. The van der Waals surface area contributed by atoms with Crippen LogP contribution >= 0.6 is 24.0 Å². The first-order valence-corrected chi connectivity index (χ1v) is 8.22. The number of hydrogen-bond donors (Lipinski definition) is 2. The molecule has 1 aromatic rings. The van der Waals surface area contributed by atoms with E-state index in [4.69, 9.17) is 15.2 Å². The summed E-state index contributed by atoms with van der Waals surface area (Å²) < 4.78 is 10.5. The monoisotopic (exact) mass is 446 g/mol. The van der Waals surface area contributed by atoms with Gasteiger partial charge in [0.15, 0.2) is 17.5 Å². The fourth-order valence-electron chi connectivity index (χ4n) is 3.11. The number of nitrogens with two attached hydrogens (primary N) is 1. The normalized spacial score (nSPS) is 21.2. The van der Waals surface area contributed by atoms with Crippen molar-refractivity contribution in [2.75, 3.05) is 39.2 Å². The second kappa shape index (κ2) is 8.75. The summed E-state index contributed by atoms with van der Waals surface area (Å²) in [5, 5.41) is 3.12. The topological polar surface area (TPSA) is 72.1 Å². The zero-order chi connectivity index (χ0) is 16.2. The third-order valence-corrected chi connectivity index (χ3v) is 4.56. The molecule has 1 unspecified atom stereocenters. The van der Waals surface area contributed by atoms with Crippen LogP contribution in [-0.4, -0.2) is 50.8 Å². The van der Waals surface area contributed by atoms with E-state index in [1.54, 1.807) is 14.2 Å². The molecule has 0 amide bonds. The molecule has 0 spiro atoms. The molecule has 6 nitrogen and oxygen atoms in total. The van der Waals surface area contributed by atoms with Crippen LogP contribution in [0.15, 0.2) is 23.2 Å². The predicted octanol–water partition coefficient (Wildman–Crippen LogP) is 2.53. The largest absolute Gasteiger partial charge is 0.493 e. The van der Waals surface area contributed by atoms with Crippen molar-refractivity contribution in [3.8, 4) is 11.5 Å². The van der Waals surface area contributed by atoms with Gasteiger partial charge in [-0.1, -0.05) is 0 Å². The van der Waals surface area contributed by atoms with Crippen LogP contribution in [0.2, 0.25) is 0 Å². The highest BCUT2D eigenvalue weighted by Crippen LogP contribution is 2.32. The lowest BCUT2D eigenvalue weighted by Gasteiger charge is -2.14. The second-order valence-corrected chi connectivity index (χ2v) is 6.30. The second-order valence-electron chi connectivity index (χ2n) is 6.30. The summed E-state index contributed by atoms with van der Waals surface area (Å²) in [5.74, 6) is 2.43. The number of ether oxygens (including phenoxy) is 2. The van der Waals surface area contributed by atoms with Gasteiger partial charge in [-0.25, -0.2) is 0 Å². The minimum absolute atomic E-state index is 0. The van der Waals surface area contributed by atoms with Gasteiger partial charge in [0.2, 0.25) is 0 Å². The predicted molar refractivity (Wildman–Crippen MR) is 108 cm³/mol. The van der Waals surface area contributed by atoms with Crippen LogP contribution in [0.3, 0.4) is 0 Å². The summed E-state index contributed by atoms with van der Waals surface area (Å²) in [4.78, 5) is 7.09. The molecule has 1 heterocycles. The molecule has 3 N–H and O–H groups in total. The number of hydrogen-bond acceptors (Lipinski definition) is 4. The van der Waals surface area contributed by atoms with E-state index in [0.29, 0.717) is 23.4 Å². The van der Waals surface area contributed by atoms with Gasteiger partial charge in [-0.05, 0) is 43.9 Å². The van der Waals surface area contributed by atoms with Crippen LogP contribution in [0, 0.1) is 5.92 Å². The molecule has 0 aromatic heterocycles. The number of anilines is 1. The highest BCUT2D eigenvalue weighted by atomic mass is 127. The van der Waals surface area contributed by atoms with Gasteiger partial charge < -0.3 is 25.4 Å². The summed E-state index contributed by atoms with van der Waals surface area (Å²) in [5.41, 5.74) is 6.85. The van der Waals surface area contributed by atoms with Crippen molar-refractivity contribution >= 4 is 35.6 Å². The Labute approximate surface area is 160 Å². The fourth-order valence-corrected chi connectivity index (χ4v) is 3.11. The molecule has 1 atom stereocenters. The summed E-state index contributed by atoms with van der Waals surface area (Å²) in [6.07, 6.45) is 3.97. The maximum atomic E-state index is 6.01. The summed E-state index contributed by atoms with van der Waals surface area (Å²) in [7, 11) is 3.23. The SMILES string of the molecule is COc1ccc(NC(N)=NCC2CCN(C3CC3)C2)cc1OC.I. The molecule has 24 heavy (non-hydrogen) atoms. The third-order valence-electron chi connectivity index (χ3n) is 4.56. The Bertz CT molecular complexity index is 578. The fraction of sp³-hybridized carbons (Fsp3) is 0.588. The lowest BCUT2D eigenvalue weighted by molar-refractivity contribution is 0.315. The van der Waals surface area contributed by atoms with Crippen LogP contribution in [0.5, 0.6) is 11.5 Å². The number of rotatable bonds is 6. The molecule has 1 saturated heterocycles. The maximum Gasteiger partial charge on any atom is 0.193 e. The van der Waals surface area contributed by atoms with Crippen molar-refractivity contribution in [3.63, 3.8) is 0 Å². The molecule has 1 saturated carbocycles. The lowest BCUT2D eigenvalue weighted by Crippen LogP contribution is -2.25. The minimum atomic E-state index is 0. The van der Waals surface area contributed by atoms with E-state index < -0.39 is 0 Å². The zero-order valence-electron chi connectivity index (χ0n) is 14.3. The first-order chi connectivity index (χ1) is 11.2. The van der Waals surface area contributed by atoms with E-state index in [1.165, 1.54) is 25.8 Å².